The number of imidazole rings is 1. The summed E-state index contributed by atoms with van der Waals surface area (Å²) in [5, 5.41) is 2.80. The summed E-state index contributed by atoms with van der Waals surface area (Å²) >= 11 is 0. The quantitative estimate of drug-likeness (QED) is 0.599. The Morgan fingerprint density at radius 3 is 2.37 bits per heavy atom. The number of carbonyl (C=O) groups excluding carboxylic acids is 3. The molecule has 3 amide bonds. The molecule has 1 saturated heterocycles. The van der Waals surface area contributed by atoms with Crippen molar-refractivity contribution in [1.29, 1.82) is 0 Å². The van der Waals surface area contributed by atoms with Gasteiger partial charge in [-0.1, -0.05) is 12.1 Å². The summed E-state index contributed by atoms with van der Waals surface area (Å²) in [4.78, 5) is 45.2. The topological polar surface area (TPSA) is 96.8 Å². The van der Waals surface area contributed by atoms with Crippen LogP contribution < -0.4 is 5.32 Å². The smallest absolute Gasteiger partial charge is 0.409 e. The lowest BCUT2D eigenvalue weighted by molar-refractivity contribution is -0.114. The third-order valence-electron chi connectivity index (χ3n) is 5.92. The van der Waals surface area contributed by atoms with E-state index in [1.165, 1.54) is 13.0 Å². The van der Waals surface area contributed by atoms with E-state index in [4.69, 9.17) is 4.74 Å². The van der Waals surface area contributed by atoms with Gasteiger partial charge in [0.1, 0.15) is 11.6 Å². The largest absolute Gasteiger partial charge is 0.450 e. The molecule has 35 heavy (non-hydrogen) atoms. The second-order valence-electron chi connectivity index (χ2n) is 8.21. The number of halogens is 1. The number of piperazine rings is 1. The first-order valence-electron chi connectivity index (χ1n) is 11.6. The maximum absolute atomic E-state index is 14.6. The van der Waals surface area contributed by atoms with Crippen LogP contribution in [0.1, 0.15) is 31.1 Å². The Labute approximate surface area is 202 Å². The molecule has 2 aromatic carbocycles. The molecule has 0 atom stereocenters. The molecular formula is C25H28FN5O4. The monoisotopic (exact) mass is 481 g/mol. The molecule has 2 heterocycles. The molecule has 0 spiro atoms. The molecule has 9 nitrogen and oxygen atoms in total. The van der Waals surface area contributed by atoms with E-state index in [1.54, 1.807) is 47.1 Å². The van der Waals surface area contributed by atoms with E-state index in [0.29, 0.717) is 73.0 Å². The molecule has 1 aromatic heterocycles. The van der Waals surface area contributed by atoms with Gasteiger partial charge >= 0.3 is 6.09 Å². The van der Waals surface area contributed by atoms with Crippen LogP contribution in [0.5, 0.6) is 0 Å². The van der Waals surface area contributed by atoms with Crippen LogP contribution in [0.3, 0.4) is 0 Å². The van der Waals surface area contributed by atoms with Crippen molar-refractivity contribution in [2.45, 2.75) is 27.3 Å². The molecule has 0 bridgehead atoms. The van der Waals surface area contributed by atoms with Crippen LogP contribution in [0.15, 0.2) is 36.4 Å². The zero-order chi connectivity index (χ0) is 25.1. The summed E-state index contributed by atoms with van der Waals surface area (Å²) in [6.07, 6.45) is -0.389. The van der Waals surface area contributed by atoms with Gasteiger partial charge in [-0.15, -0.1) is 0 Å². The van der Waals surface area contributed by atoms with Crippen molar-refractivity contribution >= 4 is 34.6 Å². The zero-order valence-electron chi connectivity index (χ0n) is 20.0. The highest BCUT2D eigenvalue weighted by Crippen LogP contribution is 2.32. The molecule has 10 heteroatoms. The molecule has 3 aromatic rings. The highest BCUT2D eigenvalue weighted by molar-refractivity contribution is 6.05. The Morgan fingerprint density at radius 2 is 1.74 bits per heavy atom. The third-order valence-corrected chi connectivity index (χ3v) is 5.92. The predicted molar refractivity (Wildman–Crippen MR) is 130 cm³/mol. The molecule has 184 valence electrons. The fourth-order valence-corrected chi connectivity index (χ4v) is 4.32. The molecule has 1 aliphatic heterocycles. The summed E-state index contributed by atoms with van der Waals surface area (Å²) in [5.74, 6) is -0.523. The van der Waals surface area contributed by atoms with Crippen molar-refractivity contribution in [3.63, 3.8) is 0 Å². The molecule has 1 fully saturated rings. The molecule has 0 saturated carbocycles. The van der Waals surface area contributed by atoms with Crippen molar-refractivity contribution in [2.75, 3.05) is 38.1 Å². The number of anilines is 1. The standard InChI is InChI=1S/C25H28FN5O4/c1-4-31-22-20(27-16(3)32)14-17(15-21(22)28-23(31)18-8-6-7-9-19(18)26)24(33)29-10-12-30(13-11-29)25(34)35-5-2/h6-9,14-15H,4-5,10-13H2,1-3H3,(H,27,32). The summed E-state index contributed by atoms with van der Waals surface area (Å²) in [6, 6.07) is 9.65. The number of fused-ring (bicyclic) bond motifs is 1. The lowest BCUT2D eigenvalue weighted by Gasteiger charge is -2.34. The number of aromatic nitrogens is 2. The minimum Gasteiger partial charge on any atom is -0.450 e. The maximum atomic E-state index is 14.6. The fourth-order valence-electron chi connectivity index (χ4n) is 4.32. The SMILES string of the molecule is CCOC(=O)N1CCN(C(=O)c2cc(NC(C)=O)c3c(c2)nc(-c2ccccc2F)n3CC)CC1. The minimum atomic E-state index is -0.408. The van der Waals surface area contributed by atoms with Gasteiger partial charge in [0.25, 0.3) is 5.91 Å². The first-order chi connectivity index (χ1) is 16.8. The van der Waals surface area contributed by atoms with E-state index in [9.17, 15) is 18.8 Å². The van der Waals surface area contributed by atoms with Crippen molar-refractivity contribution in [2.24, 2.45) is 0 Å². The van der Waals surface area contributed by atoms with E-state index in [-0.39, 0.29) is 17.9 Å². The molecule has 1 aliphatic rings. The summed E-state index contributed by atoms with van der Waals surface area (Å²) in [7, 11) is 0. The second kappa shape index (κ2) is 10.1. The number of nitrogens with zero attached hydrogens (tertiary/aromatic N) is 4. The Balaban J connectivity index is 1.72. The summed E-state index contributed by atoms with van der Waals surface area (Å²) in [6.45, 7) is 7.27. The predicted octanol–water partition coefficient (Wildman–Crippen LogP) is 3.74. The third kappa shape index (κ3) is 4.82. The number of aryl methyl sites for hydroxylation is 1. The van der Waals surface area contributed by atoms with Gasteiger partial charge in [0.05, 0.1) is 28.9 Å². The lowest BCUT2D eigenvalue weighted by Crippen LogP contribution is -2.50. The van der Waals surface area contributed by atoms with Gasteiger partial charge < -0.3 is 24.4 Å². The fraction of sp³-hybridized carbons (Fsp3) is 0.360. The number of ether oxygens (including phenoxy) is 1. The molecule has 1 N–H and O–H groups in total. The first kappa shape index (κ1) is 24.2. The Kier molecular flexibility index (Phi) is 6.99. The van der Waals surface area contributed by atoms with Crippen molar-refractivity contribution in [3.8, 4) is 11.4 Å². The maximum Gasteiger partial charge on any atom is 0.409 e. The molecule has 4 rings (SSSR count). The molecular weight excluding hydrogens is 453 g/mol. The number of nitrogens with one attached hydrogen (secondary N) is 1. The van der Waals surface area contributed by atoms with Gasteiger partial charge in [-0.25, -0.2) is 14.2 Å². The Hall–Kier alpha value is -3.95. The second-order valence-corrected chi connectivity index (χ2v) is 8.21. The van der Waals surface area contributed by atoms with Gasteiger partial charge in [-0.3, -0.25) is 9.59 Å². The van der Waals surface area contributed by atoms with Crippen LogP contribution in [0, 0.1) is 5.82 Å². The van der Waals surface area contributed by atoms with E-state index in [2.05, 4.69) is 10.3 Å². The number of hydrogen-bond donors (Lipinski definition) is 1. The lowest BCUT2D eigenvalue weighted by atomic mass is 10.1. The van der Waals surface area contributed by atoms with E-state index >= 15 is 0 Å². The van der Waals surface area contributed by atoms with Crippen molar-refractivity contribution in [1.82, 2.24) is 19.4 Å². The number of rotatable bonds is 5. The van der Waals surface area contributed by atoms with E-state index in [0.717, 1.165) is 0 Å². The van der Waals surface area contributed by atoms with Crippen LogP contribution in [0.4, 0.5) is 14.9 Å². The van der Waals surface area contributed by atoms with Gasteiger partial charge in [-0.2, -0.15) is 0 Å². The normalized spacial score (nSPS) is 13.7. The number of hydrogen-bond acceptors (Lipinski definition) is 5. The van der Waals surface area contributed by atoms with Gasteiger partial charge in [0, 0.05) is 45.2 Å². The average molecular weight is 482 g/mol. The highest BCUT2D eigenvalue weighted by Gasteiger charge is 2.27. The average Bonchev–Trinajstić information content (AvgIpc) is 3.22. The number of benzene rings is 2. The summed E-state index contributed by atoms with van der Waals surface area (Å²) in [5.41, 5.74) is 2.21. The molecule has 0 unspecified atom stereocenters. The van der Waals surface area contributed by atoms with E-state index in [1.807, 2.05) is 11.5 Å². The van der Waals surface area contributed by atoms with Crippen molar-refractivity contribution < 1.29 is 23.5 Å². The van der Waals surface area contributed by atoms with Crippen molar-refractivity contribution in [3.05, 3.63) is 47.8 Å². The van der Waals surface area contributed by atoms with Crippen LogP contribution in [-0.2, 0) is 16.1 Å². The van der Waals surface area contributed by atoms with Gasteiger partial charge in [0.15, 0.2) is 0 Å². The van der Waals surface area contributed by atoms with Crippen LogP contribution in [0.2, 0.25) is 0 Å². The Morgan fingerprint density at radius 1 is 1.06 bits per heavy atom. The van der Waals surface area contributed by atoms with Gasteiger partial charge in [0.2, 0.25) is 5.91 Å². The van der Waals surface area contributed by atoms with Crippen LogP contribution >= 0.6 is 0 Å². The minimum absolute atomic E-state index is 0.236. The van der Waals surface area contributed by atoms with Crippen LogP contribution in [0.25, 0.3) is 22.4 Å². The zero-order valence-corrected chi connectivity index (χ0v) is 20.0. The molecule has 0 radical (unpaired) electrons. The Bertz CT molecular complexity index is 1280. The van der Waals surface area contributed by atoms with E-state index < -0.39 is 5.82 Å². The first-order valence-corrected chi connectivity index (χ1v) is 11.6. The highest BCUT2D eigenvalue weighted by atomic mass is 19.1. The summed E-state index contributed by atoms with van der Waals surface area (Å²) < 4.78 is 21.5. The van der Waals surface area contributed by atoms with Crippen LogP contribution in [-0.4, -0.2) is 70.0 Å². The number of carbonyl (C=O) groups is 3. The van der Waals surface area contributed by atoms with Gasteiger partial charge in [-0.05, 0) is 38.1 Å². The number of amides is 3. The molecule has 0 aliphatic carbocycles.